The lowest BCUT2D eigenvalue weighted by Crippen LogP contribution is -2.13. The summed E-state index contributed by atoms with van der Waals surface area (Å²) in [5, 5.41) is 13.3. The molecule has 0 aliphatic heterocycles. The summed E-state index contributed by atoms with van der Waals surface area (Å²) in [7, 11) is 0. The van der Waals surface area contributed by atoms with Gasteiger partial charge >= 0.3 is 5.97 Å². The van der Waals surface area contributed by atoms with Gasteiger partial charge < -0.3 is 14.2 Å². The summed E-state index contributed by atoms with van der Waals surface area (Å²) in [5.74, 6) is -0.112. The molecule has 1 unspecified atom stereocenters. The van der Waals surface area contributed by atoms with Gasteiger partial charge in [0.1, 0.15) is 11.8 Å². The molecule has 4 heterocycles. The quantitative estimate of drug-likeness (QED) is 0.257. The molecule has 0 bridgehead atoms. The topological polar surface area (TPSA) is 94.0 Å². The fourth-order valence-electron chi connectivity index (χ4n) is 5.21. The van der Waals surface area contributed by atoms with Crippen LogP contribution in [0.3, 0.4) is 0 Å². The third-order valence-corrected chi connectivity index (χ3v) is 6.97. The highest BCUT2D eigenvalue weighted by Crippen LogP contribution is 2.38. The molecule has 39 heavy (non-hydrogen) atoms. The third kappa shape index (κ3) is 4.59. The van der Waals surface area contributed by atoms with E-state index in [4.69, 9.17) is 14.5 Å². The van der Waals surface area contributed by atoms with Crippen LogP contribution in [0, 0.1) is 13.8 Å². The minimum absolute atomic E-state index is 0.0170. The number of aromatic nitrogens is 4. The molecule has 0 saturated heterocycles. The van der Waals surface area contributed by atoms with Crippen LogP contribution >= 0.6 is 0 Å². The Hall–Kier alpha value is -5.04. The Morgan fingerprint density at radius 2 is 1.72 bits per heavy atom. The molecule has 0 amide bonds. The average molecular weight is 515 g/mol. The minimum atomic E-state index is -0.853. The van der Waals surface area contributed by atoms with E-state index >= 15 is 0 Å². The van der Waals surface area contributed by atoms with E-state index in [1.165, 1.54) is 0 Å². The van der Waals surface area contributed by atoms with Crippen LogP contribution in [0.5, 0.6) is 0 Å². The van der Waals surface area contributed by atoms with Gasteiger partial charge in [-0.15, -0.1) is 0 Å². The number of rotatable bonds is 7. The predicted octanol–water partition coefficient (Wildman–Crippen LogP) is 6.63. The van der Waals surface area contributed by atoms with Crippen LogP contribution in [0.2, 0.25) is 0 Å². The van der Waals surface area contributed by atoms with E-state index in [0.717, 1.165) is 61.6 Å². The molecule has 0 aliphatic carbocycles. The van der Waals surface area contributed by atoms with Crippen molar-refractivity contribution < 1.29 is 14.4 Å². The Kier molecular flexibility index (Phi) is 6.25. The second-order valence-corrected chi connectivity index (χ2v) is 9.58. The van der Waals surface area contributed by atoms with Crippen LogP contribution in [0.15, 0.2) is 102 Å². The van der Waals surface area contributed by atoms with Crippen LogP contribution < -0.4 is 0 Å². The SMILES string of the molecule is Cc1noc(C)c1-c1cnc2c(-c3ccc(CC(=O)O)cc3)cn(C(c3ccccc3)c3ccccn3)c2c1. The summed E-state index contributed by atoms with van der Waals surface area (Å²) in [5.41, 5.74) is 9.12. The van der Waals surface area contributed by atoms with Gasteiger partial charge in [0.05, 0.1) is 28.8 Å². The van der Waals surface area contributed by atoms with Gasteiger partial charge in [0, 0.05) is 35.3 Å². The Morgan fingerprint density at radius 1 is 0.949 bits per heavy atom. The molecule has 192 valence electrons. The second-order valence-electron chi connectivity index (χ2n) is 9.58. The molecule has 6 rings (SSSR count). The lowest BCUT2D eigenvalue weighted by Gasteiger charge is -2.20. The Balaban J connectivity index is 1.60. The average Bonchev–Trinajstić information content (AvgIpc) is 3.49. The summed E-state index contributed by atoms with van der Waals surface area (Å²) in [6, 6.07) is 25.8. The zero-order chi connectivity index (χ0) is 26.9. The first-order chi connectivity index (χ1) is 19.0. The number of hydrogen-bond acceptors (Lipinski definition) is 5. The fraction of sp³-hybridized carbons (Fsp3) is 0.125. The van der Waals surface area contributed by atoms with Crippen LogP contribution in [0.25, 0.3) is 33.3 Å². The maximum Gasteiger partial charge on any atom is 0.307 e. The van der Waals surface area contributed by atoms with Crippen molar-refractivity contribution in [1.29, 1.82) is 0 Å². The molecule has 0 aliphatic rings. The normalized spacial score (nSPS) is 12.1. The summed E-state index contributed by atoms with van der Waals surface area (Å²) in [6.07, 6.45) is 5.77. The van der Waals surface area contributed by atoms with Gasteiger partial charge in [0.15, 0.2) is 0 Å². The van der Waals surface area contributed by atoms with Gasteiger partial charge in [-0.25, -0.2) is 0 Å². The van der Waals surface area contributed by atoms with Crippen LogP contribution in [-0.4, -0.2) is 30.8 Å². The number of carboxylic acids is 1. The summed E-state index contributed by atoms with van der Waals surface area (Å²) >= 11 is 0. The molecule has 0 saturated carbocycles. The number of aryl methyl sites for hydroxylation is 2. The molecule has 0 fully saturated rings. The van der Waals surface area contributed by atoms with Crippen molar-refractivity contribution in [3.8, 4) is 22.3 Å². The molecule has 4 aromatic heterocycles. The molecular formula is C32H26N4O3. The van der Waals surface area contributed by atoms with Gasteiger partial charge in [-0.2, -0.15) is 0 Å². The van der Waals surface area contributed by atoms with Crippen molar-refractivity contribution in [2.75, 3.05) is 0 Å². The lowest BCUT2D eigenvalue weighted by molar-refractivity contribution is -0.136. The summed E-state index contributed by atoms with van der Waals surface area (Å²) in [6.45, 7) is 3.84. The van der Waals surface area contributed by atoms with E-state index in [1.54, 1.807) is 0 Å². The van der Waals surface area contributed by atoms with E-state index in [2.05, 4.69) is 34.1 Å². The van der Waals surface area contributed by atoms with Crippen molar-refractivity contribution in [1.82, 2.24) is 19.7 Å². The van der Waals surface area contributed by atoms with Crippen LogP contribution in [0.1, 0.15) is 34.3 Å². The van der Waals surface area contributed by atoms with Crippen molar-refractivity contribution in [2.45, 2.75) is 26.3 Å². The highest BCUT2D eigenvalue weighted by atomic mass is 16.5. The Labute approximate surface area is 225 Å². The first kappa shape index (κ1) is 24.3. The van der Waals surface area contributed by atoms with Gasteiger partial charge in [0.2, 0.25) is 0 Å². The third-order valence-electron chi connectivity index (χ3n) is 6.97. The number of pyridine rings is 2. The number of aliphatic carboxylic acids is 1. The van der Waals surface area contributed by atoms with Crippen molar-refractivity contribution in [3.63, 3.8) is 0 Å². The number of hydrogen-bond donors (Lipinski definition) is 1. The van der Waals surface area contributed by atoms with Gasteiger partial charge in [-0.1, -0.05) is 65.8 Å². The van der Waals surface area contributed by atoms with Gasteiger partial charge in [-0.05, 0) is 48.7 Å². The fourth-order valence-corrected chi connectivity index (χ4v) is 5.21. The Bertz CT molecular complexity index is 1710. The molecule has 2 aromatic carbocycles. The van der Waals surface area contributed by atoms with Crippen molar-refractivity contribution in [2.24, 2.45) is 0 Å². The maximum atomic E-state index is 11.2. The maximum absolute atomic E-state index is 11.2. The standard InChI is InChI=1S/C32H26N4O3/c1-20-30(21(2)39-35-20)25-17-28-31(34-18-25)26(23-13-11-22(12-14-23)16-29(37)38)19-36(28)32(24-8-4-3-5-9-24)27-10-6-7-15-33-27/h3-15,17-19,32H,16H2,1-2H3,(H,37,38). The number of carbonyl (C=O) groups is 1. The monoisotopic (exact) mass is 514 g/mol. The summed E-state index contributed by atoms with van der Waals surface area (Å²) in [4.78, 5) is 20.9. The summed E-state index contributed by atoms with van der Waals surface area (Å²) < 4.78 is 7.68. The number of fused-ring (bicyclic) bond motifs is 1. The molecule has 6 aromatic rings. The molecule has 7 nitrogen and oxygen atoms in total. The molecule has 0 spiro atoms. The minimum Gasteiger partial charge on any atom is -0.481 e. The van der Waals surface area contributed by atoms with Gasteiger partial charge in [0.25, 0.3) is 0 Å². The number of nitrogens with zero attached hydrogens (tertiary/aromatic N) is 4. The number of carboxylic acid groups (broad SMARTS) is 1. The van der Waals surface area contributed by atoms with E-state index in [-0.39, 0.29) is 12.5 Å². The van der Waals surface area contributed by atoms with E-state index in [9.17, 15) is 9.90 Å². The zero-order valence-corrected chi connectivity index (χ0v) is 21.6. The Morgan fingerprint density at radius 3 is 2.38 bits per heavy atom. The van der Waals surface area contributed by atoms with Crippen LogP contribution in [-0.2, 0) is 11.2 Å². The first-order valence-electron chi connectivity index (χ1n) is 12.7. The molecule has 7 heteroatoms. The van der Waals surface area contributed by atoms with Crippen molar-refractivity contribution >= 4 is 17.0 Å². The molecule has 1 atom stereocenters. The van der Waals surface area contributed by atoms with Gasteiger partial charge in [-0.3, -0.25) is 14.8 Å². The molecule has 0 radical (unpaired) electrons. The highest BCUT2D eigenvalue weighted by molar-refractivity contribution is 5.95. The largest absolute Gasteiger partial charge is 0.481 e. The van der Waals surface area contributed by atoms with E-state index in [0.29, 0.717) is 0 Å². The first-order valence-corrected chi connectivity index (χ1v) is 12.7. The molecule has 1 N–H and O–H groups in total. The highest BCUT2D eigenvalue weighted by Gasteiger charge is 2.24. The lowest BCUT2D eigenvalue weighted by atomic mass is 10.0. The predicted molar refractivity (Wildman–Crippen MR) is 149 cm³/mol. The zero-order valence-electron chi connectivity index (χ0n) is 21.6. The number of benzene rings is 2. The van der Waals surface area contributed by atoms with Crippen molar-refractivity contribution in [3.05, 3.63) is 126 Å². The van der Waals surface area contributed by atoms with E-state index in [1.807, 2.05) is 86.9 Å². The van der Waals surface area contributed by atoms with E-state index < -0.39 is 5.97 Å². The smallest absolute Gasteiger partial charge is 0.307 e. The molecular weight excluding hydrogens is 488 g/mol. The second kappa shape index (κ2) is 10.0. The van der Waals surface area contributed by atoms with Crippen LogP contribution in [0.4, 0.5) is 0 Å².